The van der Waals surface area contributed by atoms with Crippen molar-refractivity contribution in [3.8, 4) is 0 Å². The molecule has 3 amide bonds. The van der Waals surface area contributed by atoms with E-state index in [-0.39, 0.29) is 18.4 Å². The zero-order valence-corrected chi connectivity index (χ0v) is 19.0. The topological polar surface area (TPSA) is 90.7 Å². The molecule has 0 bridgehead atoms. The van der Waals surface area contributed by atoms with Crippen molar-refractivity contribution < 1.29 is 9.59 Å². The maximum atomic E-state index is 12.3. The van der Waals surface area contributed by atoms with Crippen molar-refractivity contribution in [3.05, 3.63) is 52.2 Å². The SMILES string of the molecule is Cc1cccc(N2CCN(CCCCNC(=O)CC(NC(N)=O)c3cccs3)CC2)c1. The Morgan fingerprint density at radius 1 is 1.13 bits per heavy atom. The van der Waals surface area contributed by atoms with Crippen molar-refractivity contribution in [1.29, 1.82) is 0 Å². The Hall–Kier alpha value is -2.58. The maximum absolute atomic E-state index is 12.3. The van der Waals surface area contributed by atoms with Crippen molar-refractivity contribution in [2.45, 2.75) is 32.2 Å². The number of carbonyl (C=O) groups is 2. The number of hydrogen-bond donors (Lipinski definition) is 3. The molecule has 0 aliphatic carbocycles. The average molecular weight is 444 g/mol. The molecular weight excluding hydrogens is 410 g/mol. The Balaban J connectivity index is 1.30. The monoisotopic (exact) mass is 443 g/mol. The van der Waals surface area contributed by atoms with Gasteiger partial charge in [0.05, 0.1) is 12.5 Å². The molecule has 1 saturated heterocycles. The molecule has 1 unspecified atom stereocenters. The van der Waals surface area contributed by atoms with Crippen LogP contribution in [0.3, 0.4) is 0 Å². The Bertz CT molecular complexity index is 834. The summed E-state index contributed by atoms with van der Waals surface area (Å²) in [6.07, 6.45) is 2.19. The zero-order chi connectivity index (χ0) is 22.1. The molecule has 4 N–H and O–H groups in total. The van der Waals surface area contributed by atoms with E-state index in [1.54, 1.807) is 0 Å². The van der Waals surface area contributed by atoms with E-state index in [0.717, 1.165) is 50.4 Å². The van der Waals surface area contributed by atoms with Gasteiger partial charge in [0.1, 0.15) is 0 Å². The summed E-state index contributed by atoms with van der Waals surface area (Å²) in [5.74, 6) is -0.0704. The number of nitrogens with one attached hydrogen (secondary N) is 2. The normalized spacial score (nSPS) is 15.5. The van der Waals surface area contributed by atoms with Gasteiger partial charge in [-0.05, 0) is 55.5 Å². The number of carbonyl (C=O) groups excluding carboxylic acids is 2. The Morgan fingerprint density at radius 3 is 2.61 bits per heavy atom. The molecule has 0 spiro atoms. The molecule has 1 aliphatic rings. The highest BCUT2D eigenvalue weighted by molar-refractivity contribution is 7.10. The van der Waals surface area contributed by atoms with Crippen LogP contribution in [0.2, 0.25) is 0 Å². The first-order chi connectivity index (χ1) is 15.0. The molecule has 0 radical (unpaired) electrons. The fraction of sp³-hybridized carbons (Fsp3) is 0.478. The molecule has 1 fully saturated rings. The minimum Gasteiger partial charge on any atom is -0.369 e. The van der Waals surface area contributed by atoms with Crippen LogP contribution in [0.15, 0.2) is 41.8 Å². The van der Waals surface area contributed by atoms with Gasteiger partial charge in [-0.2, -0.15) is 0 Å². The van der Waals surface area contributed by atoms with Crippen LogP contribution in [0.5, 0.6) is 0 Å². The second-order valence-electron chi connectivity index (χ2n) is 8.01. The van der Waals surface area contributed by atoms with E-state index < -0.39 is 6.03 Å². The first-order valence-corrected chi connectivity index (χ1v) is 11.8. The molecule has 1 aromatic heterocycles. The minimum atomic E-state index is -0.617. The predicted octanol–water partition coefficient (Wildman–Crippen LogP) is 2.87. The van der Waals surface area contributed by atoms with Gasteiger partial charge in [0.2, 0.25) is 5.91 Å². The number of hydrogen-bond acceptors (Lipinski definition) is 5. The molecule has 1 aromatic carbocycles. The molecule has 3 rings (SSSR count). The lowest BCUT2D eigenvalue weighted by Crippen LogP contribution is -2.46. The molecule has 168 valence electrons. The van der Waals surface area contributed by atoms with Crippen LogP contribution in [-0.2, 0) is 4.79 Å². The average Bonchev–Trinajstić information content (AvgIpc) is 3.28. The third-order valence-corrected chi connectivity index (χ3v) is 6.54. The molecule has 1 aliphatic heterocycles. The number of nitrogens with two attached hydrogens (primary N) is 1. The largest absolute Gasteiger partial charge is 0.369 e. The fourth-order valence-corrected chi connectivity index (χ4v) is 4.66. The summed E-state index contributed by atoms with van der Waals surface area (Å²) in [6, 6.07) is 11.5. The summed E-state index contributed by atoms with van der Waals surface area (Å²) < 4.78 is 0. The van der Waals surface area contributed by atoms with Gasteiger partial charge in [-0.25, -0.2) is 4.79 Å². The van der Waals surface area contributed by atoms with E-state index in [4.69, 9.17) is 5.73 Å². The summed E-state index contributed by atoms with van der Waals surface area (Å²) >= 11 is 1.50. The van der Waals surface area contributed by atoms with Gasteiger partial charge in [-0.1, -0.05) is 18.2 Å². The van der Waals surface area contributed by atoms with Crippen molar-refractivity contribution in [1.82, 2.24) is 15.5 Å². The quantitative estimate of drug-likeness (QED) is 0.493. The number of rotatable bonds is 10. The first kappa shape index (κ1) is 23.1. The van der Waals surface area contributed by atoms with Crippen LogP contribution in [-0.4, -0.2) is 56.1 Å². The number of unbranched alkanes of at least 4 members (excludes halogenated alkanes) is 1. The molecule has 2 aromatic rings. The third-order valence-electron chi connectivity index (χ3n) is 5.56. The number of anilines is 1. The lowest BCUT2D eigenvalue weighted by Gasteiger charge is -2.36. The van der Waals surface area contributed by atoms with Crippen molar-refractivity contribution in [2.24, 2.45) is 5.73 Å². The Morgan fingerprint density at radius 2 is 1.94 bits per heavy atom. The molecule has 31 heavy (non-hydrogen) atoms. The van der Waals surface area contributed by atoms with Gasteiger partial charge >= 0.3 is 6.03 Å². The van der Waals surface area contributed by atoms with Crippen LogP contribution >= 0.6 is 11.3 Å². The molecular formula is C23H33N5O2S. The highest BCUT2D eigenvalue weighted by atomic mass is 32.1. The third kappa shape index (κ3) is 7.56. The second-order valence-corrected chi connectivity index (χ2v) is 8.98. The number of amides is 3. The van der Waals surface area contributed by atoms with Gasteiger partial charge in [-0.3, -0.25) is 9.69 Å². The lowest BCUT2D eigenvalue weighted by atomic mass is 10.1. The summed E-state index contributed by atoms with van der Waals surface area (Å²) in [5, 5.41) is 7.54. The van der Waals surface area contributed by atoms with E-state index >= 15 is 0 Å². The van der Waals surface area contributed by atoms with Crippen LogP contribution in [0.25, 0.3) is 0 Å². The summed E-state index contributed by atoms with van der Waals surface area (Å²) in [7, 11) is 0. The van der Waals surface area contributed by atoms with Gasteiger partial charge in [0.25, 0.3) is 0 Å². The fourth-order valence-electron chi connectivity index (χ4n) is 3.88. The van der Waals surface area contributed by atoms with Gasteiger partial charge in [0, 0.05) is 43.3 Å². The number of thiophene rings is 1. The van der Waals surface area contributed by atoms with Crippen LogP contribution in [0.4, 0.5) is 10.5 Å². The molecule has 8 heteroatoms. The Labute approximate surface area is 188 Å². The summed E-state index contributed by atoms with van der Waals surface area (Å²) in [4.78, 5) is 29.4. The molecule has 2 heterocycles. The van der Waals surface area contributed by atoms with Gasteiger partial charge in [0.15, 0.2) is 0 Å². The summed E-state index contributed by atoms with van der Waals surface area (Å²) in [5.41, 5.74) is 7.86. The van der Waals surface area contributed by atoms with Crippen molar-refractivity contribution in [3.63, 3.8) is 0 Å². The maximum Gasteiger partial charge on any atom is 0.312 e. The van der Waals surface area contributed by atoms with Crippen LogP contribution < -0.4 is 21.3 Å². The minimum absolute atomic E-state index is 0.0704. The van der Waals surface area contributed by atoms with Gasteiger partial charge < -0.3 is 21.3 Å². The molecule has 0 saturated carbocycles. The first-order valence-electron chi connectivity index (χ1n) is 10.9. The molecule has 7 nitrogen and oxygen atoms in total. The van der Waals surface area contributed by atoms with Crippen molar-refractivity contribution >= 4 is 29.0 Å². The highest BCUT2D eigenvalue weighted by Gasteiger charge is 2.19. The van der Waals surface area contributed by atoms with Crippen molar-refractivity contribution in [2.75, 3.05) is 44.2 Å². The van der Waals surface area contributed by atoms with E-state index in [0.29, 0.717) is 6.54 Å². The number of primary amides is 1. The van der Waals surface area contributed by atoms with E-state index in [1.807, 2.05) is 17.5 Å². The standard InChI is InChI=1S/C23H33N5O2S/c1-18-6-4-7-19(16-18)28-13-11-27(12-14-28)10-3-2-9-25-22(29)17-20(26-23(24)30)21-8-5-15-31-21/h4-8,15-16,20H,2-3,9-14,17H2,1H3,(H,25,29)(H3,24,26,30). The van der Waals surface area contributed by atoms with Gasteiger partial charge in [-0.15, -0.1) is 11.3 Å². The van der Waals surface area contributed by atoms with E-state index in [2.05, 4.69) is 51.6 Å². The number of aryl methyl sites for hydroxylation is 1. The number of piperazine rings is 1. The highest BCUT2D eigenvalue weighted by Crippen LogP contribution is 2.22. The zero-order valence-electron chi connectivity index (χ0n) is 18.2. The number of urea groups is 1. The second kappa shape index (κ2) is 11.7. The number of nitrogens with zero attached hydrogens (tertiary/aromatic N) is 2. The van der Waals surface area contributed by atoms with Crippen LogP contribution in [0, 0.1) is 6.92 Å². The summed E-state index contributed by atoms with van der Waals surface area (Å²) in [6.45, 7) is 8.08. The van der Waals surface area contributed by atoms with Crippen LogP contribution in [0.1, 0.15) is 35.7 Å². The lowest BCUT2D eigenvalue weighted by molar-refractivity contribution is -0.121. The van der Waals surface area contributed by atoms with E-state index in [9.17, 15) is 9.59 Å². The Kier molecular flexibility index (Phi) is 8.73. The number of benzene rings is 1. The molecule has 1 atom stereocenters. The smallest absolute Gasteiger partial charge is 0.312 e. The van der Waals surface area contributed by atoms with E-state index in [1.165, 1.54) is 22.6 Å². The predicted molar refractivity (Wildman–Crippen MR) is 126 cm³/mol.